The average Bonchev–Trinajstić information content (AvgIpc) is 2.88. The molecule has 1 atom stereocenters. The van der Waals surface area contributed by atoms with Crippen molar-refractivity contribution in [2.75, 3.05) is 6.54 Å². The van der Waals surface area contributed by atoms with E-state index in [-0.39, 0.29) is 19.1 Å². The lowest BCUT2D eigenvalue weighted by Crippen LogP contribution is -2.37. The van der Waals surface area contributed by atoms with Crippen molar-refractivity contribution in [3.05, 3.63) is 53.2 Å². The van der Waals surface area contributed by atoms with Gasteiger partial charge in [0.15, 0.2) is 6.39 Å². The molecule has 0 aliphatic rings. The van der Waals surface area contributed by atoms with Gasteiger partial charge in [0.1, 0.15) is 11.5 Å². The highest BCUT2D eigenvalue weighted by Crippen LogP contribution is 2.12. The van der Waals surface area contributed by atoms with Crippen LogP contribution in [0.2, 0.25) is 0 Å². The molecule has 6 heteroatoms. The smallest absolute Gasteiger partial charge is 0.315 e. The van der Waals surface area contributed by atoms with Gasteiger partial charge in [-0.3, -0.25) is 0 Å². The number of aryl methyl sites for hydroxylation is 2. The maximum Gasteiger partial charge on any atom is 0.315 e. The van der Waals surface area contributed by atoms with Crippen molar-refractivity contribution < 1.29 is 14.3 Å². The number of aromatic nitrogens is 1. The van der Waals surface area contributed by atoms with Gasteiger partial charge in [-0.2, -0.15) is 0 Å². The summed E-state index contributed by atoms with van der Waals surface area (Å²) in [6.45, 7) is 4.19. The number of aliphatic hydroxyl groups is 1. The third-order valence-electron chi connectivity index (χ3n) is 3.18. The number of nitrogens with one attached hydrogen (secondary N) is 2. The zero-order chi connectivity index (χ0) is 15.2. The molecule has 21 heavy (non-hydrogen) atoms. The fourth-order valence-electron chi connectivity index (χ4n) is 1.82. The number of urea groups is 1. The molecule has 0 fully saturated rings. The third-order valence-corrected chi connectivity index (χ3v) is 3.18. The first kappa shape index (κ1) is 15.1. The molecule has 2 aromatic rings. The Morgan fingerprint density at radius 3 is 2.62 bits per heavy atom. The Hall–Kier alpha value is -2.34. The summed E-state index contributed by atoms with van der Waals surface area (Å²) < 4.78 is 5.04. The van der Waals surface area contributed by atoms with E-state index in [1.54, 1.807) is 6.92 Å². The lowest BCUT2D eigenvalue weighted by Gasteiger charge is -2.13. The molecule has 1 aromatic carbocycles. The molecule has 1 aromatic heterocycles. The molecule has 112 valence electrons. The van der Waals surface area contributed by atoms with Gasteiger partial charge in [-0.25, -0.2) is 9.78 Å². The number of rotatable bonds is 5. The molecule has 0 bridgehead atoms. The number of carbonyl (C=O) groups is 1. The number of oxazole rings is 1. The molecule has 0 aliphatic carbocycles. The lowest BCUT2D eigenvalue weighted by molar-refractivity contribution is 0.173. The first-order valence-corrected chi connectivity index (χ1v) is 6.71. The molecule has 3 N–H and O–H groups in total. The predicted octanol–water partition coefficient (Wildman–Crippen LogP) is 1.82. The lowest BCUT2D eigenvalue weighted by atomic mass is 10.1. The largest absolute Gasteiger partial charge is 0.448 e. The molecule has 1 heterocycles. The van der Waals surface area contributed by atoms with Crippen molar-refractivity contribution in [3.63, 3.8) is 0 Å². The number of amides is 2. The van der Waals surface area contributed by atoms with Gasteiger partial charge in [-0.1, -0.05) is 29.8 Å². The summed E-state index contributed by atoms with van der Waals surface area (Å²) in [4.78, 5) is 15.6. The standard InChI is InChI=1S/C15H19N3O3/c1-10-3-5-12(6-4-10)14(19)8-17-15(20)16-7-13-11(2)21-9-18-13/h3-6,9,14,19H,7-8H2,1-2H3,(H2,16,17,20). The van der Waals surface area contributed by atoms with E-state index in [1.165, 1.54) is 6.39 Å². The van der Waals surface area contributed by atoms with Gasteiger partial charge in [0.05, 0.1) is 12.6 Å². The molecule has 0 saturated heterocycles. The second-order valence-corrected chi connectivity index (χ2v) is 4.85. The summed E-state index contributed by atoms with van der Waals surface area (Å²) in [7, 11) is 0. The molecule has 0 spiro atoms. The first-order valence-electron chi connectivity index (χ1n) is 6.71. The molecule has 0 saturated carbocycles. The second kappa shape index (κ2) is 6.90. The van der Waals surface area contributed by atoms with Crippen LogP contribution in [-0.2, 0) is 6.54 Å². The molecule has 2 amide bonds. The van der Waals surface area contributed by atoms with Crippen LogP contribution in [0, 0.1) is 13.8 Å². The van der Waals surface area contributed by atoms with Crippen LogP contribution in [-0.4, -0.2) is 22.7 Å². The maximum absolute atomic E-state index is 11.6. The minimum absolute atomic E-state index is 0.146. The highest BCUT2D eigenvalue weighted by atomic mass is 16.3. The summed E-state index contributed by atoms with van der Waals surface area (Å²) >= 11 is 0. The zero-order valence-corrected chi connectivity index (χ0v) is 12.1. The van der Waals surface area contributed by atoms with E-state index >= 15 is 0 Å². The summed E-state index contributed by atoms with van der Waals surface area (Å²) in [5, 5.41) is 15.3. The quantitative estimate of drug-likeness (QED) is 0.783. The van der Waals surface area contributed by atoms with E-state index < -0.39 is 6.10 Å². The number of hydrogen-bond donors (Lipinski definition) is 3. The monoisotopic (exact) mass is 289 g/mol. The number of benzene rings is 1. The number of aliphatic hydroxyl groups excluding tert-OH is 1. The minimum Gasteiger partial charge on any atom is -0.448 e. The summed E-state index contributed by atoms with van der Waals surface area (Å²) in [5.41, 5.74) is 2.58. The van der Waals surface area contributed by atoms with Gasteiger partial charge < -0.3 is 20.2 Å². The molecule has 1 unspecified atom stereocenters. The van der Waals surface area contributed by atoms with E-state index in [0.717, 1.165) is 11.1 Å². The topological polar surface area (TPSA) is 87.4 Å². The van der Waals surface area contributed by atoms with Crippen molar-refractivity contribution in [1.82, 2.24) is 15.6 Å². The van der Waals surface area contributed by atoms with Crippen LogP contribution in [0.1, 0.15) is 28.7 Å². The van der Waals surface area contributed by atoms with Crippen molar-refractivity contribution in [2.24, 2.45) is 0 Å². The Kier molecular flexibility index (Phi) is 4.94. The SMILES string of the molecule is Cc1ccc(C(O)CNC(=O)NCc2ncoc2C)cc1. The summed E-state index contributed by atoms with van der Waals surface area (Å²) in [6.07, 6.45) is 0.607. The van der Waals surface area contributed by atoms with Crippen LogP contribution in [0.4, 0.5) is 4.79 Å². The van der Waals surface area contributed by atoms with Crippen LogP contribution >= 0.6 is 0 Å². The van der Waals surface area contributed by atoms with Crippen LogP contribution < -0.4 is 10.6 Å². The number of hydrogen-bond acceptors (Lipinski definition) is 4. The normalized spacial score (nSPS) is 12.0. The minimum atomic E-state index is -0.731. The molecule has 0 radical (unpaired) electrons. The van der Waals surface area contributed by atoms with Crippen molar-refractivity contribution in [1.29, 1.82) is 0 Å². The number of carbonyl (C=O) groups excluding carboxylic acids is 1. The van der Waals surface area contributed by atoms with Crippen molar-refractivity contribution in [2.45, 2.75) is 26.5 Å². The van der Waals surface area contributed by atoms with Crippen molar-refractivity contribution >= 4 is 6.03 Å². The van der Waals surface area contributed by atoms with E-state index in [0.29, 0.717) is 11.5 Å². The highest BCUT2D eigenvalue weighted by Gasteiger charge is 2.10. The van der Waals surface area contributed by atoms with Crippen LogP contribution in [0.3, 0.4) is 0 Å². The Morgan fingerprint density at radius 1 is 1.29 bits per heavy atom. The maximum atomic E-state index is 11.6. The van der Waals surface area contributed by atoms with Gasteiger partial charge in [0.2, 0.25) is 0 Å². The van der Waals surface area contributed by atoms with Gasteiger partial charge in [0, 0.05) is 6.54 Å². The first-order chi connectivity index (χ1) is 10.1. The molecule has 0 aliphatic heterocycles. The van der Waals surface area contributed by atoms with E-state index in [1.807, 2.05) is 31.2 Å². The van der Waals surface area contributed by atoms with Crippen LogP contribution in [0.25, 0.3) is 0 Å². The fourth-order valence-corrected chi connectivity index (χ4v) is 1.82. The van der Waals surface area contributed by atoms with E-state index in [2.05, 4.69) is 15.6 Å². The Bertz CT molecular complexity index is 592. The van der Waals surface area contributed by atoms with Gasteiger partial charge in [-0.05, 0) is 19.4 Å². The average molecular weight is 289 g/mol. The Morgan fingerprint density at radius 2 is 2.00 bits per heavy atom. The van der Waals surface area contributed by atoms with E-state index in [9.17, 15) is 9.90 Å². The zero-order valence-electron chi connectivity index (χ0n) is 12.1. The predicted molar refractivity (Wildman–Crippen MR) is 77.6 cm³/mol. The van der Waals surface area contributed by atoms with Crippen LogP contribution in [0.5, 0.6) is 0 Å². The summed E-state index contributed by atoms with van der Waals surface area (Å²) in [6, 6.07) is 7.18. The Balaban J connectivity index is 1.76. The molecule has 6 nitrogen and oxygen atoms in total. The second-order valence-electron chi connectivity index (χ2n) is 4.85. The summed E-state index contributed by atoms with van der Waals surface area (Å²) in [5.74, 6) is 0.676. The van der Waals surface area contributed by atoms with Gasteiger partial charge in [-0.15, -0.1) is 0 Å². The number of nitrogens with zero attached hydrogens (tertiary/aromatic N) is 1. The fraction of sp³-hybridized carbons (Fsp3) is 0.333. The molecular formula is C15H19N3O3. The molecule has 2 rings (SSSR count). The van der Waals surface area contributed by atoms with E-state index in [4.69, 9.17) is 4.42 Å². The Labute approximate surface area is 123 Å². The van der Waals surface area contributed by atoms with Gasteiger partial charge in [0.25, 0.3) is 0 Å². The highest BCUT2D eigenvalue weighted by molar-refractivity contribution is 5.73. The third kappa shape index (κ3) is 4.32. The molecular weight excluding hydrogens is 270 g/mol. The van der Waals surface area contributed by atoms with Gasteiger partial charge >= 0.3 is 6.03 Å². The van der Waals surface area contributed by atoms with Crippen LogP contribution in [0.15, 0.2) is 35.1 Å². The van der Waals surface area contributed by atoms with Crippen molar-refractivity contribution in [3.8, 4) is 0 Å².